The van der Waals surface area contributed by atoms with E-state index in [-0.39, 0.29) is 32.5 Å². The molecule has 0 aliphatic rings. The highest BCUT2D eigenvalue weighted by Gasteiger charge is 2.25. The zero-order valence-corrected chi connectivity index (χ0v) is 31.1. The maximum Gasteiger partial charge on any atom is 0.508 e. The third-order valence-corrected chi connectivity index (χ3v) is 5.28. The van der Waals surface area contributed by atoms with Gasteiger partial charge >= 0.3 is 36.7 Å². The third-order valence-electron chi connectivity index (χ3n) is 5.28. The maximum atomic E-state index is 11.9. The van der Waals surface area contributed by atoms with Crippen LogP contribution >= 0.6 is 0 Å². The molecular weight excluding hydrogens is 672 g/mol. The van der Waals surface area contributed by atoms with Crippen molar-refractivity contribution in [2.45, 2.75) is 125 Å². The molecule has 0 saturated heterocycles. The Kier molecular flexibility index (Phi) is 20.6. The highest BCUT2D eigenvalue weighted by molar-refractivity contribution is 5.75. The zero-order chi connectivity index (χ0) is 38.7. The minimum Gasteiger partial charge on any atom is -0.461 e. The summed E-state index contributed by atoms with van der Waals surface area (Å²) in [5.74, 6) is -0.456. The van der Waals surface area contributed by atoms with E-state index in [9.17, 15) is 28.8 Å². The predicted molar refractivity (Wildman–Crippen MR) is 170 cm³/mol. The Morgan fingerprint density at radius 3 is 0.820 bits per heavy atom. The van der Waals surface area contributed by atoms with Crippen LogP contribution in [0.1, 0.15) is 83.1 Å². The summed E-state index contributed by atoms with van der Waals surface area (Å²) in [5, 5.41) is 0. The molecule has 0 bridgehead atoms. The van der Waals surface area contributed by atoms with Gasteiger partial charge in [-0.25, -0.2) is 24.0 Å². The maximum absolute atomic E-state index is 11.9. The fourth-order valence-electron chi connectivity index (χ4n) is 3.14. The van der Waals surface area contributed by atoms with Crippen LogP contribution in [0, 0.1) is 5.41 Å². The predicted octanol–water partition coefficient (Wildman–Crippen LogP) is 5.49. The van der Waals surface area contributed by atoms with E-state index in [0.29, 0.717) is 0 Å². The number of carbonyl (C=O) groups excluding carboxylic acids is 6. The molecule has 0 aromatic rings. The van der Waals surface area contributed by atoms with Crippen LogP contribution in [-0.4, -0.2) is 119 Å². The van der Waals surface area contributed by atoms with Gasteiger partial charge in [0, 0.05) is 0 Å². The molecule has 18 heteroatoms. The number of ether oxygens (including phenoxy) is 12. The monoisotopic (exact) mass is 726 g/mol. The Morgan fingerprint density at radius 1 is 0.380 bits per heavy atom. The van der Waals surface area contributed by atoms with Gasteiger partial charge in [0.2, 0.25) is 0 Å². The van der Waals surface area contributed by atoms with E-state index in [2.05, 4.69) is 0 Å². The van der Waals surface area contributed by atoms with Gasteiger partial charge < -0.3 is 56.8 Å². The van der Waals surface area contributed by atoms with Crippen molar-refractivity contribution in [2.24, 2.45) is 5.41 Å². The highest BCUT2D eigenvalue weighted by Crippen LogP contribution is 2.15. The first-order valence-electron chi connectivity index (χ1n) is 16.0. The van der Waals surface area contributed by atoms with Crippen molar-refractivity contribution in [2.75, 3.05) is 39.6 Å². The van der Waals surface area contributed by atoms with Crippen LogP contribution in [0.25, 0.3) is 0 Å². The quantitative estimate of drug-likeness (QED) is 0.126. The normalized spacial score (nSPS) is 15.0. The van der Waals surface area contributed by atoms with Crippen LogP contribution in [0.3, 0.4) is 0 Å². The van der Waals surface area contributed by atoms with Gasteiger partial charge in [0.25, 0.3) is 0 Å². The zero-order valence-electron chi connectivity index (χ0n) is 31.1. The lowest BCUT2D eigenvalue weighted by Crippen LogP contribution is -2.31. The molecule has 0 fully saturated rings. The Morgan fingerprint density at radius 2 is 0.600 bits per heavy atom. The molecule has 6 atom stereocenters. The fraction of sp³-hybridized carbons (Fsp3) is 0.812. The van der Waals surface area contributed by atoms with Crippen molar-refractivity contribution in [1.29, 1.82) is 0 Å². The van der Waals surface area contributed by atoms with Crippen LogP contribution in [0.2, 0.25) is 0 Å². The minimum atomic E-state index is -1.14. The molecule has 50 heavy (non-hydrogen) atoms. The van der Waals surface area contributed by atoms with Crippen molar-refractivity contribution in [3.63, 3.8) is 0 Å². The van der Waals surface area contributed by atoms with E-state index in [4.69, 9.17) is 56.8 Å². The van der Waals surface area contributed by atoms with Crippen molar-refractivity contribution >= 4 is 36.7 Å². The number of hydrogen-bond acceptors (Lipinski definition) is 18. The van der Waals surface area contributed by atoms with Gasteiger partial charge in [0.05, 0.1) is 17.1 Å². The summed E-state index contributed by atoms with van der Waals surface area (Å²) in [7, 11) is 0. The number of hydrogen-bond donors (Lipinski definition) is 0. The molecular formula is C32H54O18. The van der Waals surface area contributed by atoms with E-state index in [1.54, 1.807) is 27.7 Å². The molecule has 0 amide bonds. The second-order valence-electron chi connectivity index (χ2n) is 13.3. The summed E-state index contributed by atoms with van der Waals surface area (Å²) in [4.78, 5) is 71.2. The average molecular weight is 727 g/mol. The van der Waals surface area contributed by atoms with Crippen LogP contribution < -0.4 is 0 Å². The molecule has 18 nitrogen and oxygen atoms in total. The number of rotatable bonds is 18. The topological polar surface area (TPSA) is 213 Å². The molecule has 290 valence electrons. The summed E-state index contributed by atoms with van der Waals surface area (Å²) in [6, 6.07) is 0. The number of carbonyl (C=O) groups is 6. The van der Waals surface area contributed by atoms with E-state index < -0.39 is 91.5 Å². The van der Waals surface area contributed by atoms with Crippen LogP contribution in [0.15, 0.2) is 0 Å². The Bertz CT molecular complexity index is 1080. The smallest absolute Gasteiger partial charge is 0.461 e. The summed E-state index contributed by atoms with van der Waals surface area (Å²) >= 11 is 0. The van der Waals surface area contributed by atoms with Gasteiger partial charge in [-0.3, -0.25) is 4.79 Å². The van der Waals surface area contributed by atoms with E-state index >= 15 is 0 Å². The van der Waals surface area contributed by atoms with Gasteiger partial charge in [-0.2, -0.15) is 0 Å². The molecule has 0 N–H and O–H groups in total. The van der Waals surface area contributed by atoms with Crippen molar-refractivity contribution in [3.05, 3.63) is 0 Å². The van der Waals surface area contributed by atoms with Crippen LogP contribution in [0.5, 0.6) is 0 Å². The Balaban J connectivity index is 4.17. The summed E-state index contributed by atoms with van der Waals surface area (Å²) < 4.78 is 60.0. The lowest BCUT2D eigenvalue weighted by atomic mass is 9.97. The third kappa shape index (κ3) is 24.9. The molecule has 0 radical (unpaired) electrons. The second-order valence-corrected chi connectivity index (χ2v) is 13.3. The second kappa shape index (κ2) is 22.5. The summed E-state index contributed by atoms with van der Waals surface area (Å²) in [6.07, 6.45) is -10.2. The lowest BCUT2D eigenvalue weighted by molar-refractivity contribution is -0.156. The van der Waals surface area contributed by atoms with Crippen LogP contribution in [0.4, 0.5) is 24.0 Å². The van der Waals surface area contributed by atoms with Gasteiger partial charge in [0.1, 0.15) is 70.2 Å². The Labute approximate surface area is 292 Å². The van der Waals surface area contributed by atoms with Gasteiger partial charge in [-0.1, -0.05) is 0 Å². The first kappa shape index (κ1) is 45.8. The SMILES string of the molecule is CC(COC(=O)OC(C)COC(=O)OC(C)COC(=O)C(C)(C)C)OC(=O)OCC(C)OC(=O)OCC(C)OC(=O)OCC(C)OC(C)(C)C. The average Bonchev–Trinajstić information content (AvgIpc) is 2.97. The van der Waals surface area contributed by atoms with Crippen LogP contribution in [-0.2, 0) is 61.6 Å². The number of esters is 1. The van der Waals surface area contributed by atoms with Crippen molar-refractivity contribution < 1.29 is 85.6 Å². The van der Waals surface area contributed by atoms with Crippen molar-refractivity contribution in [1.82, 2.24) is 0 Å². The molecule has 0 aromatic carbocycles. The summed E-state index contributed by atoms with van der Waals surface area (Å²) in [5.41, 5.74) is -1.11. The highest BCUT2D eigenvalue weighted by atomic mass is 16.8. The Hall–Kier alpha value is -4.22. The molecule has 6 unspecified atom stereocenters. The van der Waals surface area contributed by atoms with E-state index in [1.165, 1.54) is 34.6 Å². The largest absolute Gasteiger partial charge is 0.508 e. The van der Waals surface area contributed by atoms with E-state index in [1.807, 2.05) is 20.8 Å². The standard InChI is InChI=1S/C32H54O18/c1-19(13-39-25(33)31(7,8)9)45-26(34)40-14-20(2)46-27(35)41-15-21(3)47-28(36)42-16-22(4)48-29(37)43-17-23(5)49-30(38)44-18-24(6)50-32(10,11)12/h19-24H,13-18H2,1-12H3. The fourth-order valence-corrected chi connectivity index (χ4v) is 3.14. The molecule has 0 spiro atoms. The molecule has 0 aliphatic heterocycles. The first-order chi connectivity index (χ1) is 23.0. The molecule has 0 aromatic heterocycles. The van der Waals surface area contributed by atoms with Gasteiger partial charge in [0.15, 0.2) is 0 Å². The van der Waals surface area contributed by atoms with Crippen molar-refractivity contribution in [3.8, 4) is 0 Å². The van der Waals surface area contributed by atoms with E-state index in [0.717, 1.165) is 0 Å². The van der Waals surface area contributed by atoms with Gasteiger partial charge in [-0.05, 0) is 83.1 Å². The molecule has 0 aliphatic carbocycles. The molecule has 0 heterocycles. The molecule has 0 saturated carbocycles. The molecule has 0 rings (SSSR count). The first-order valence-corrected chi connectivity index (χ1v) is 16.0. The minimum absolute atomic E-state index is 0.0255. The van der Waals surface area contributed by atoms with Gasteiger partial charge in [-0.15, -0.1) is 0 Å². The lowest BCUT2D eigenvalue weighted by Gasteiger charge is -2.24. The summed E-state index contributed by atoms with van der Waals surface area (Å²) in [6.45, 7) is 18.0.